The smallest absolute Gasteiger partial charge is 0.237 e. The maximum Gasteiger partial charge on any atom is 0.237 e. The number of nitrogens with zero attached hydrogens (tertiary/aromatic N) is 1. The molecule has 2 N–H and O–H groups in total. The molecule has 1 spiro atoms. The number of hydrogen-bond donors (Lipinski definition) is 2. The van der Waals surface area contributed by atoms with Crippen molar-refractivity contribution in [1.29, 1.82) is 0 Å². The van der Waals surface area contributed by atoms with E-state index in [4.69, 9.17) is 0 Å². The highest BCUT2D eigenvalue weighted by Crippen LogP contribution is 2.46. The number of hydrogen-bond acceptors (Lipinski definition) is 3. The predicted octanol–water partition coefficient (Wildman–Crippen LogP) is 5.22. The Kier molecular flexibility index (Phi) is 5.89. The Morgan fingerprint density at radius 2 is 1.70 bits per heavy atom. The summed E-state index contributed by atoms with van der Waals surface area (Å²) in [6, 6.07) is 10.6. The molecule has 1 amide bonds. The monoisotopic (exact) mass is 453 g/mol. The van der Waals surface area contributed by atoms with Gasteiger partial charge in [0, 0.05) is 36.8 Å². The van der Waals surface area contributed by atoms with Gasteiger partial charge >= 0.3 is 0 Å². The number of anilines is 1. The number of benzene rings is 2. The van der Waals surface area contributed by atoms with Crippen LogP contribution in [0.15, 0.2) is 36.4 Å². The molecule has 0 radical (unpaired) electrons. The van der Waals surface area contributed by atoms with Crippen molar-refractivity contribution in [3.8, 4) is 11.1 Å². The zero-order chi connectivity index (χ0) is 23.2. The predicted molar refractivity (Wildman–Crippen MR) is 127 cm³/mol. The van der Waals surface area contributed by atoms with Gasteiger partial charge in [0.1, 0.15) is 11.6 Å². The maximum atomic E-state index is 15.0. The van der Waals surface area contributed by atoms with E-state index >= 15 is 8.78 Å². The summed E-state index contributed by atoms with van der Waals surface area (Å²) in [7, 11) is 3.89. The molecule has 2 aromatic rings. The Hall–Kier alpha value is -2.47. The van der Waals surface area contributed by atoms with Gasteiger partial charge < -0.3 is 4.90 Å². The third-order valence-corrected chi connectivity index (χ3v) is 7.98. The van der Waals surface area contributed by atoms with E-state index in [9.17, 15) is 4.79 Å². The van der Waals surface area contributed by atoms with E-state index in [1.807, 2.05) is 43.3 Å². The van der Waals surface area contributed by atoms with Gasteiger partial charge in [-0.05, 0) is 98.6 Å². The number of hydrazine groups is 1. The van der Waals surface area contributed by atoms with Crippen molar-refractivity contribution in [2.45, 2.75) is 56.9 Å². The van der Waals surface area contributed by atoms with E-state index in [1.54, 1.807) is 0 Å². The van der Waals surface area contributed by atoms with Crippen molar-refractivity contribution < 1.29 is 13.6 Å². The molecule has 3 aliphatic rings. The number of rotatable bonds is 5. The number of halogens is 2. The average Bonchev–Trinajstić information content (AvgIpc) is 3.65. The fraction of sp³-hybridized carbons (Fsp3) is 0.519. The molecule has 0 bridgehead atoms. The standard InChI is InChI=1S/C27H33F2N3O/c1-32(2)21-5-3-4-19(13-21)20-14-24(28)22(25(29)15-20)12-17-8-10-27(11-9-17)16-23(18-6-7-18)26(33)30-31-27/h3-5,13-15,17-18,23,31H,6-12,16H2,1-2H3,(H,30,33). The van der Waals surface area contributed by atoms with Crippen LogP contribution < -0.4 is 15.8 Å². The van der Waals surface area contributed by atoms with Gasteiger partial charge in [0.15, 0.2) is 0 Å². The van der Waals surface area contributed by atoms with Crippen LogP contribution in [0.3, 0.4) is 0 Å². The van der Waals surface area contributed by atoms with E-state index in [1.165, 1.54) is 12.1 Å². The first-order chi connectivity index (χ1) is 15.8. The summed E-state index contributed by atoms with van der Waals surface area (Å²) in [6.45, 7) is 0. The third kappa shape index (κ3) is 4.63. The highest BCUT2D eigenvalue weighted by Gasteiger charge is 2.47. The summed E-state index contributed by atoms with van der Waals surface area (Å²) in [5.41, 5.74) is 8.71. The summed E-state index contributed by atoms with van der Waals surface area (Å²) >= 11 is 0. The van der Waals surface area contributed by atoms with Gasteiger partial charge in [0.25, 0.3) is 0 Å². The van der Waals surface area contributed by atoms with Gasteiger partial charge in [0.05, 0.1) is 0 Å². The van der Waals surface area contributed by atoms with E-state index in [2.05, 4.69) is 10.9 Å². The van der Waals surface area contributed by atoms with Crippen LogP contribution in [-0.4, -0.2) is 25.5 Å². The summed E-state index contributed by atoms with van der Waals surface area (Å²) in [5, 5.41) is 0. The van der Waals surface area contributed by atoms with Gasteiger partial charge in [-0.2, -0.15) is 0 Å². The van der Waals surface area contributed by atoms with Crippen molar-refractivity contribution in [2.75, 3.05) is 19.0 Å². The lowest BCUT2D eigenvalue weighted by Crippen LogP contribution is -2.63. The largest absolute Gasteiger partial charge is 0.378 e. The van der Waals surface area contributed by atoms with Gasteiger partial charge in [-0.1, -0.05) is 12.1 Å². The van der Waals surface area contributed by atoms with Gasteiger partial charge in [-0.3, -0.25) is 10.2 Å². The lowest BCUT2D eigenvalue weighted by Gasteiger charge is -2.46. The van der Waals surface area contributed by atoms with Gasteiger partial charge in [0.2, 0.25) is 5.91 Å². The van der Waals surface area contributed by atoms with E-state index in [0.29, 0.717) is 17.9 Å². The molecule has 2 aliphatic carbocycles. The molecule has 176 valence electrons. The summed E-state index contributed by atoms with van der Waals surface area (Å²) < 4.78 is 30.1. The van der Waals surface area contributed by atoms with Crippen molar-refractivity contribution in [3.63, 3.8) is 0 Å². The minimum absolute atomic E-state index is 0.0595. The molecule has 0 aromatic heterocycles. The second kappa shape index (κ2) is 8.71. The second-order valence-electron chi connectivity index (χ2n) is 10.6. The van der Waals surface area contributed by atoms with Crippen LogP contribution in [0.1, 0.15) is 50.5 Å². The molecular weight excluding hydrogens is 420 g/mol. The molecule has 1 unspecified atom stereocenters. The van der Waals surface area contributed by atoms with Crippen LogP contribution in [0.2, 0.25) is 0 Å². The molecule has 2 aromatic carbocycles. The Morgan fingerprint density at radius 1 is 1.00 bits per heavy atom. The zero-order valence-corrected chi connectivity index (χ0v) is 19.5. The van der Waals surface area contributed by atoms with Crippen molar-refractivity contribution >= 4 is 11.6 Å². The van der Waals surface area contributed by atoms with Crippen LogP contribution in [0, 0.1) is 29.4 Å². The van der Waals surface area contributed by atoms with Crippen LogP contribution in [0.5, 0.6) is 0 Å². The normalized spacial score (nSPS) is 27.5. The van der Waals surface area contributed by atoms with E-state index in [-0.39, 0.29) is 28.8 Å². The summed E-state index contributed by atoms with van der Waals surface area (Å²) in [5.74, 6) is 0.125. The van der Waals surface area contributed by atoms with Crippen molar-refractivity contribution in [3.05, 3.63) is 53.6 Å². The molecular formula is C27H33F2N3O. The van der Waals surface area contributed by atoms with Crippen LogP contribution in [0.4, 0.5) is 14.5 Å². The first-order valence-electron chi connectivity index (χ1n) is 12.2. The quantitative estimate of drug-likeness (QED) is 0.652. The Morgan fingerprint density at radius 3 is 2.33 bits per heavy atom. The molecule has 1 saturated heterocycles. The highest BCUT2D eigenvalue weighted by atomic mass is 19.1. The van der Waals surface area contributed by atoms with Gasteiger partial charge in [-0.15, -0.1) is 0 Å². The molecule has 2 saturated carbocycles. The Balaban J connectivity index is 1.26. The second-order valence-corrected chi connectivity index (χ2v) is 10.6. The molecule has 3 fully saturated rings. The molecule has 5 rings (SSSR count). The first kappa shape index (κ1) is 22.3. The number of carbonyl (C=O) groups excluding carboxylic acids is 1. The van der Waals surface area contributed by atoms with Crippen LogP contribution >= 0.6 is 0 Å². The van der Waals surface area contributed by atoms with Crippen molar-refractivity contribution in [1.82, 2.24) is 10.9 Å². The fourth-order valence-electron chi connectivity index (χ4n) is 5.71. The zero-order valence-electron chi connectivity index (χ0n) is 19.5. The third-order valence-electron chi connectivity index (χ3n) is 7.98. The topological polar surface area (TPSA) is 44.4 Å². The maximum absolute atomic E-state index is 15.0. The minimum atomic E-state index is -0.461. The van der Waals surface area contributed by atoms with Crippen molar-refractivity contribution in [2.24, 2.45) is 17.8 Å². The lowest BCUT2D eigenvalue weighted by molar-refractivity contribution is -0.132. The number of nitrogens with one attached hydrogen (secondary N) is 2. The molecule has 1 aliphatic heterocycles. The highest BCUT2D eigenvalue weighted by molar-refractivity contribution is 5.80. The fourth-order valence-corrected chi connectivity index (χ4v) is 5.71. The first-order valence-corrected chi connectivity index (χ1v) is 12.2. The Bertz CT molecular complexity index is 1020. The van der Waals surface area contributed by atoms with E-state index < -0.39 is 11.6 Å². The minimum Gasteiger partial charge on any atom is -0.378 e. The average molecular weight is 454 g/mol. The number of amides is 1. The van der Waals surface area contributed by atoms with Crippen LogP contribution in [-0.2, 0) is 11.2 Å². The summed E-state index contributed by atoms with van der Waals surface area (Å²) in [4.78, 5) is 14.2. The summed E-state index contributed by atoms with van der Waals surface area (Å²) in [6.07, 6.45) is 7.30. The van der Waals surface area contributed by atoms with Gasteiger partial charge in [-0.25, -0.2) is 14.2 Å². The van der Waals surface area contributed by atoms with E-state index in [0.717, 1.165) is 56.2 Å². The lowest BCUT2D eigenvalue weighted by atomic mass is 9.69. The Labute approximate surface area is 194 Å². The molecule has 1 atom stereocenters. The molecule has 4 nitrogen and oxygen atoms in total. The molecule has 6 heteroatoms. The number of carbonyl (C=O) groups is 1. The van der Waals surface area contributed by atoms with Crippen LogP contribution in [0.25, 0.3) is 11.1 Å². The molecule has 1 heterocycles. The molecule has 33 heavy (non-hydrogen) atoms. The SMILES string of the molecule is CN(C)c1cccc(-c2cc(F)c(CC3CCC4(CC3)CC(C3CC3)C(=O)NN4)c(F)c2)c1.